The highest BCUT2D eigenvalue weighted by molar-refractivity contribution is 5.90. The van der Waals surface area contributed by atoms with E-state index in [1.807, 2.05) is 0 Å². The molecule has 1 aromatic carbocycles. The van der Waals surface area contributed by atoms with E-state index in [0.717, 1.165) is 0 Å². The van der Waals surface area contributed by atoms with Gasteiger partial charge in [0.1, 0.15) is 11.7 Å². The molecule has 1 saturated heterocycles. The summed E-state index contributed by atoms with van der Waals surface area (Å²) in [6.45, 7) is 3.69. The summed E-state index contributed by atoms with van der Waals surface area (Å²) in [5, 5.41) is 37.9. The van der Waals surface area contributed by atoms with Crippen LogP contribution in [0.5, 0.6) is 11.5 Å². The zero-order chi connectivity index (χ0) is 33.0. The molecule has 1 spiro atoms. The van der Waals surface area contributed by atoms with E-state index in [4.69, 9.17) is 33.2 Å². The number of hydrogen-bond acceptors (Lipinski definition) is 12. The van der Waals surface area contributed by atoms with Crippen molar-refractivity contribution < 1.29 is 53.3 Å². The van der Waals surface area contributed by atoms with Crippen molar-refractivity contribution in [2.45, 2.75) is 73.9 Å². The summed E-state index contributed by atoms with van der Waals surface area (Å²) in [5.74, 6) is -1.47. The van der Waals surface area contributed by atoms with Crippen LogP contribution in [-0.4, -0.2) is 136 Å². The van der Waals surface area contributed by atoms with E-state index in [1.54, 1.807) is 39.5 Å². The Balaban J connectivity index is 1.41. The Morgan fingerprint density at radius 1 is 0.935 bits per heavy atom. The van der Waals surface area contributed by atoms with Crippen LogP contribution in [-0.2, 0) is 23.7 Å². The van der Waals surface area contributed by atoms with Gasteiger partial charge in [-0.3, -0.25) is 4.90 Å². The maximum Gasteiger partial charge on any atom is 0.338 e. The predicted molar refractivity (Wildman–Crippen MR) is 163 cm³/mol. The van der Waals surface area contributed by atoms with Gasteiger partial charge in [0, 0.05) is 82.5 Å². The number of carbonyl (C=O) groups is 1. The summed E-state index contributed by atoms with van der Waals surface area (Å²) in [6.07, 6.45) is -2.69. The molecule has 6 aliphatic rings. The number of benzene rings is 1. The summed E-state index contributed by atoms with van der Waals surface area (Å²) in [6, 6.07) is 4.61. The van der Waals surface area contributed by atoms with Gasteiger partial charge < -0.3 is 48.5 Å². The lowest BCUT2D eigenvalue weighted by molar-refractivity contribution is -0.298. The fourth-order valence-electron chi connectivity index (χ4n) is 12.2. The van der Waals surface area contributed by atoms with E-state index in [-0.39, 0.29) is 36.3 Å². The number of rotatable bonds is 10. The van der Waals surface area contributed by atoms with E-state index in [2.05, 4.69) is 11.8 Å². The second-order valence-electron chi connectivity index (χ2n) is 14.5. The predicted octanol–water partition coefficient (Wildman–Crippen LogP) is 1.12. The number of nitrogens with zero attached hydrogens (tertiary/aromatic N) is 1. The summed E-state index contributed by atoms with van der Waals surface area (Å²) in [5.41, 5.74) is -4.12. The number of ether oxygens (including phenoxy) is 7. The van der Waals surface area contributed by atoms with Gasteiger partial charge in [0.2, 0.25) is 0 Å². The van der Waals surface area contributed by atoms with Crippen LogP contribution < -0.4 is 9.47 Å². The van der Waals surface area contributed by atoms with Crippen molar-refractivity contribution in [1.82, 2.24) is 4.90 Å². The number of fused-ring (bicyclic) bond motifs is 2. The number of likely N-dealkylation sites (tertiary alicyclic amines) is 1. The normalized spacial score (nSPS) is 48.3. The van der Waals surface area contributed by atoms with E-state index in [1.165, 1.54) is 21.3 Å². The van der Waals surface area contributed by atoms with Crippen LogP contribution in [0.1, 0.15) is 36.5 Å². The molecule has 256 valence electrons. The van der Waals surface area contributed by atoms with Crippen LogP contribution in [0.3, 0.4) is 0 Å². The first kappa shape index (κ1) is 32.5. The Labute approximate surface area is 270 Å². The monoisotopic (exact) mass is 647 g/mol. The maximum atomic E-state index is 13.9. The summed E-state index contributed by atoms with van der Waals surface area (Å²) in [4.78, 5) is 16.3. The molecular formula is C34H49NO11. The fourth-order valence-corrected chi connectivity index (χ4v) is 12.2. The standard InChI is InChI=1S/C34H49NO11/c1-8-35-15-31(16-40-2)21(36)12-22(43-5)34-18-13-32(38)23(44-6)14-33(39,25(28(34)35)26(45-7)27(31)34)24(18)29(32)46-30(37)17-9-10-19(41-3)20(11-17)42-4/h9-11,18,21-29,36,38-39H,8,12-16H2,1-7H3/t18-,21-,22+,23+,24-,25+,26+,27-,28-,29-,31+,32+,33-,34+/m1/s1. The Morgan fingerprint density at radius 2 is 1.65 bits per heavy atom. The third-order valence-electron chi connectivity index (χ3n) is 13.4. The van der Waals surface area contributed by atoms with Crippen molar-refractivity contribution in [1.29, 1.82) is 0 Å². The van der Waals surface area contributed by atoms with Crippen molar-refractivity contribution in [3.8, 4) is 11.5 Å². The Morgan fingerprint density at radius 3 is 2.26 bits per heavy atom. The van der Waals surface area contributed by atoms with Gasteiger partial charge in [-0.2, -0.15) is 0 Å². The van der Waals surface area contributed by atoms with Gasteiger partial charge in [0.25, 0.3) is 0 Å². The minimum Gasteiger partial charge on any atom is -0.493 e. The first-order valence-electron chi connectivity index (χ1n) is 16.4. The lowest BCUT2D eigenvalue weighted by Gasteiger charge is -2.70. The average Bonchev–Trinajstić information content (AvgIpc) is 3.44. The molecule has 0 radical (unpaired) electrons. The molecule has 3 N–H and O–H groups in total. The zero-order valence-electron chi connectivity index (χ0n) is 27.8. The van der Waals surface area contributed by atoms with Gasteiger partial charge in [-0.1, -0.05) is 6.92 Å². The van der Waals surface area contributed by atoms with Gasteiger partial charge in [-0.25, -0.2) is 4.79 Å². The zero-order valence-corrected chi connectivity index (χ0v) is 27.8. The molecule has 7 rings (SSSR count). The van der Waals surface area contributed by atoms with Crippen molar-refractivity contribution in [3.63, 3.8) is 0 Å². The van der Waals surface area contributed by atoms with Gasteiger partial charge in [-0.15, -0.1) is 0 Å². The van der Waals surface area contributed by atoms with Crippen molar-refractivity contribution in [2.24, 2.45) is 34.5 Å². The quantitative estimate of drug-likeness (QED) is 0.313. The highest BCUT2D eigenvalue weighted by Crippen LogP contribution is 2.80. The molecule has 46 heavy (non-hydrogen) atoms. The van der Waals surface area contributed by atoms with Crippen LogP contribution >= 0.6 is 0 Å². The van der Waals surface area contributed by atoms with E-state index >= 15 is 0 Å². The number of esters is 1. The van der Waals surface area contributed by atoms with Crippen molar-refractivity contribution in [3.05, 3.63) is 23.8 Å². The molecule has 0 amide bonds. The SMILES string of the molecule is CCN1C[C@]2(COC)[C@H](O)C[C@H](OC)[C@@]34[C@@H]5C[C@]6(O)[C@@H](OC)C[C@@](O)([C@H]5[C@H]6OC(=O)c5ccc(OC)c(OC)c5)[C@@H]([C@H](OC)[C@H]23)[C@@H]14. The average molecular weight is 648 g/mol. The Kier molecular flexibility index (Phi) is 7.77. The minimum atomic E-state index is -1.58. The highest BCUT2D eigenvalue weighted by Gasteiger charge is 2.89. The second kappa shape index (κ2) is 11.0. The van der Waals surface area contributed by atoms with Gasteiger partial charge in [0.15, 0.2) is 11.5 Å². The Hall–Kier alpha value is -2.03. The van der Waals surface area contributed by atoms with Crippen LogP contribution in [0.2, 0.25) is 0 Å². The van der Waals surface area contributed by atoms with Crippen LogP contribution in [0.25, 0.3) is 0 Å². The van der Waals surface area contributed by atoms with Gasteiger partial charge >= 0.3 is 5.97 Å². The first-order chi connectivity index (χ1) is 22.0. The molecule has 12 heteroatoms. The molecule has 12 nitrogen and oxygen atoms in total. The number of carbonyl (C=O) groups excluding carboxylic acids is 1. The number of methoxy groups -OCH3 is 6. The maximum absolute atomic E-state index is 13.9. The third kappa shape index (κ3) is 3.70. The van der Waals surface area contributed by atoms with E-state index < -0.39 is 70.4 Å². The molecule has 5 saturated carbocycles. The molecule has 1 aromatic rings. The number of hydrogen-bond donors (Lipinski definition) is 3. The Bertz CT molecular complexity index is 1360. The molecule has 1 aliphatic heterocycles. The van der Waals surface area contributed by atoms with E-state index in [0.29, 0.717) is 37.6 Å². The summed E-state index contributed by atoms with van der Waals surface area (Å²) in [7, 11) is 9.56. The topological polar surface area (TPSA) is 146 Å². The molecule has 7 bridgehead atoms. The number of piperidine rings is 1. The van der Waals surface area contributed by atoms with Crippen LogP contribution in [0.15, 0.2) is 18.2 Å². The second-order valence-corrected chi connectivity index (χ2v) is 14.5. The fraction of sp³-hybridized carbons (Fsp3) is 0.794. The minimum absolute atomic E-state index is 0.157. The van der Waals surface area contributed by atoms with Crippen LogP contribution in [0.4, 0.5) is 0 Å². The number of aliphatic hydroxyl groups excluding tert-OH is 1. The molecule has 6 fully saturated rings. The van der Waals surface area contributed by atoms with E-state index in [9.17, 15) is 20.1 Å². The number of aliphatic hydroxyl groups is 3. The lowest BCUT2D eigenvalue weighted by Crippen LogP contribution is -2.79. The third-order valence-corrected chi connectivity index (χ3v) is 13.4. The highest BCUT2D eigenvalue weighted by atomic mass is 16.6. The first-order valence-corrected chi connectivity index (χ1v) is 16.4. The van der Waals surface area contributed by atoms with Crippen molar-refractivity contribution >= 4 is 5.97 Å². The largest absolute Gasteiger partial charge is 0.493 e. The lowest BCUT2D eigenvalue weighted by atomic mass is 9.42. The molecule has 5 aliphatic carbocycles. The van der Waals surface area contributed by atoms with Crippen molar-refractivity contribution in [2.75, 3.05) is 62.4 Å². The molecular weight excluding hydrogens is 598 g/mol. The smallest absolute Gasteiger partial charge is 0.338 e. The summed E-state index contributed by atoms with van der Waals surface area (Å²) >= 11 is 0. The van der Waals surface area contributed by atoms with Gasteiger partial charge in [-0.05, 0) is 37.1 Å². The molecule has 0 aromatic heterocycles. The molecule has 14 atom stereocenters. The van der Waals surface area contributed by atoms with Crippen LogP contribution in [0, 0.1) is 34.5 Å². The molecule has 0 unspecified atom stereocenters. The van der Waals surface area contributed by atoms with Gasteiger partial charge in [0.05, 0.1) is 56.4 Å². The summed E-state index contributed by atoms with van der Waals surface area (Å²) < 4.78 is 41.8. The molecule has 1 heterocycles.